The molecule has 0 aliphatic heterocycles. The Bertz CT molecular complexity index is 541. The van der Waals surface area contributed by atoms with Gasteiger partial charge in [0.15, 0.2) is 15.7 Å². The van der Waals surface area contributed by atoms with Crippen molar-refractivity contribution in [1.82, 2.24) is 15.5 Å². The first kappa shape index (κ1) is 16.4. The van der Waals surface area contributed by atoms with Crippen LogP contribution in [0.15, 0.2) is 4.52 Å². The number of nitrogens with zero attached hydrogens (tertiary/aromatic N) is 2. The Labute approximate surface area is 126 Å². The van der Waals surface area contributed by atoms with E-state index in [1.54, 1.807) is 0 Å². The van der Waals surface area contributed by atoms with E-state index in [0.29, 0.717) is 11.9 Å². The molecule has 0 radical (unpaired) electrons. The van der Waals surface area contributed by atoms with Crippen molar-refractivity contribution in [3.8, 4) is 0 Å². The highest BCUT2D eigenvalue weighted by Crippen LogP contribution is 2.31. The predicted octanol–water partition coefficient (Wildman–Crippen LogP) is 2.03. The van der Waals surface area contributed by atoms with Gasteiger partial charge in [-0.25, -0.2) is 8.42 Å². The molecule has 1 aliphatic rings. The van der Waals surface area contributed by atoms with Crippen molar-refractivity contribution in [3.63, 3.8) is 0 Å². The average Bonchev–Trinajstić information content (AvgIpc) is 2.71. The molecule has 1 N–H and O–H groups in total. The van der Waals surface area contributed by atoms with Gasteiger partial charge < -0.3 is 9.84 Å². The highest BCUT2D eigenvalue weighted by atomic mass is 32.2. The fraction of sp³-hybridized carbons (Fsp3) is 0.857. The lowest BCUT2D eigenvalue weighted by Crippen LogP contribution is -2.35. The number of nitrogens with one attached hydrogen (secondary N) is 1. The average molecular weight is 315 g/mol. The van der Waals surface area contributed by atoms with Gasteiger partial charge in [-0.05, 0) is 25.8 Å². The molecule has 1 heterocycles. The lowest BCUT2D eigenvalue weighted by atomic mass is 9.94. The van der Waals surface area contributed by atoms with Crippen LogP contribution in [0.4, 0.5) is 0 Å². The van der Waals surface area contributed by atoms with Crippen molar-refractivity contribution in [3.05, 3.63) is 11.7 Å². The number of hydrogen-bond acceptors (Lipinski definition) is 6. The smallest absolute Gasteiger partial charge is 0.231 e. The number of rotatable bonds is 6. The Balaban J connectivity index is 2.12. The van der Waals surface area contributed by atoms with E-state index < -0.39 is 9.84 Å². The summed E-state index contributed by atoms with van der Waals surface area (Å²) in [4.78, 5) is 4.32. The van der Waals surface area contributed by atoms with Crippen LogP contribution in [0, 0.1) is 0 Å². The summed E-state index contributed by atoms with van der Waals surface area (Å²) in [7, 11) is -3.13. The van der Waals surface area contributed by atoms with Gasteiger partial charge in [0.2, 0.25) is 5.89 Å². The molecule has 120 valence electrons. The number of aromatic nitrogens is 2. The Morgan fingerprint density at radius 1 is 1.29 bits per heavy atom. The van der Waals surface area contributed by atoms with Crippen LogP contribution < -0.4 is 5.32 Å². The maximum absolute atomic E-state index is 11.3. The molecule has 2 unspecified atom stereocenters. The molecule has 2 atom stereocenters. The minimum atomic E-state index is -3.13. The Morgan fingerprint density at radius 2 is 2.05 bits per heavy atom. The fourth-order valence-corrected chi connectivity index (χ4v) is 3.47. The fourth-order valence-electron chi connectivity index (χ4n) is 2.89. The van der Waals surface area contributed by atoms with E-state index in [9.17, 15) is 8.42 Å². The molecule has 2 rings (SSSR count). The number of hydrogen-bond donors (Lipinski definition) is 1. The van der Waals surface area contributed by atoms with Crippen LogP contribution >= 0.6 is 0 Å². The highest BCUT2D eigenvalue weighted by Gasteiger charge is 2.29. The zero-order valence-corrected chi connectivity index (χ0v) is 13.7. The SMILES string of the molecule is CCCNC1CCCCCC1c1nc(CS(C)(=O)=O)no1. The summed E-state index contributed by atoms with van der Waals surface area (Å²) in [6.45, 7) is 3.13. The van der Waals surface area contributed by atoms with E-state index in [2.05, 4.69) is 22.4 Å². The third-order valence-electron chi connectivity index (χ3n) is 3.86. The van der Waals surface area contributed by atoms with Crippen molar-refractivity contribution in [2.75, 3.05) is 12.8 Å². The van der Waals surface area contributed by atoms with Gasteiger partial charge in [-0.2, -0.15) is 4.98 Å². The summed E-state index contributed by atoms with van der Waals surface area (Å²) in [6.07, 6.45) is 7.98. The van der Waals surface area contributed by atoms with Crippen molar-refractivity contribution in [2.45, 2.75) is 63.2 Å². The van der Waals surface area contributed by atoms with Crippen LogP contribution in [-0.2, 0) is 15.6 Å². The van der Waals surface area contributed by atoms with Gasteiger partial charge >= 0.3 is 0 Å². The van der Waals surface area contributed by atoms with Gasteiger partial charge in [-0.3, -0.25) is 0 Å². The molecule has 7 heteroatoms. The zero-order valence-electron chi connectivity index (χ0n) is 12.8. The maximum atomic E-state index is 11.3. The molecule has 1 aromatic rings. The van der Waals surface area contributed by atoms with Gasteiger partial charge in [0.05, 0.1) is 5.92 Å². The molecular formula is C14H25N3O3S. The van der Waals surface area contributed by atoms with Crippen molar-refractivity contribution >= 4 is 9.84 Å². The first-order valence-electron chi connectivity index (χ1n) is 7.73. The molecular weight excluding hydrogens is 290 g/mol. The molecule has 0 spiro atoms. The van der Waals surface area contributed by atoms with Crippen LogP contribution in [0.3, 0.4) is 0 Å². The van der Waals surface area contributed by atoms with Crippen molar-refractivity contribution < 1.29 is 12.9 Å². The van der Waals surface area contributed by atoms with Crippen LogP contribution in [-0.4, -0.2) is 37.4 Å². The molecule has 0 aromatic carbocycles. The molecule has 0 amide bonds. The third kappa shape index (κ3) is 5.07. The summed E-state index contributed by atoms with van der Waals surface area (Å²) >= 11 is 0. The largest absolute Gasteiger partial charge is 0.339 e. The van der Waals surface area contributed by atoms with E-state index in [1.807, 2.05) is 0 Å². The first-order chi connectivity index (χ1) is 9.99. The van der Waals surface area contributed by atoms with Gasteiger partial charge in [0, 0.05) is 12.3 Å². The normalized spacial score (nSPS) is 23.9. The molecule has 1 aromatic heterocycles. The van der Waals surface area contributed by atoms with Crippen LogP contribution in [0.25, 0.3) is 0 Å². The lowest BCUT2D eigenvalue weighted by molar-refractivity contribution is 0.302. The van der Waals surface area contributed by atoms with Gasteiger partial charge in [-0.1, -0.05) is 31.3 Å². The topological polar surface area (TPSA) is 85.1 Å². The monoisotopic (exact) mass is 315 g/mol. The maximum Gasteiger partial charge on any atom is 0.231 e. The summed E-state index contributed by atoms with van der Waals surface area (Å²) in [5.74, 6) is 0.894. The van der Waals surface area contributed by atoms with Gasteiger partial charge in [-0.15, -0.1) is 0 Å². The van der Waals surface area contributed by atoms with E-state index in [1.165, 1.54) is 19.1 Å². The second-order valence-electron chi connectivity index (χ2n) is 5.92. The molecule has 1 fully saturated rings. The van der Waals surface area contributed by atoms with Crippen LogP contribution in [0.5, 0.6) is 0 Å². The summed E-state index contributed by atoms with van der Waals surface area (Å²) in [5.41, 5.74) is 0. The molecule has 1 aliphatic carbocycles. The quantitative estimate of drug-likeness (QED) is 0.809. The minimum absolute atomic E-state index is 0.156. The summed E-state index contributed by atoms with van der Waals surface area (Å²) in [5, 5.41) is 7.40. The molecule has 6 nitrogen and oxygen atoms in total. The molecule has 0 bridgehead atoms. The Kier molecular flexibility index (Phi) is 5.75. The third-order valence-corrected chi connectivity index (χ3v) is 4.65. The minimum Gasteiger partial charge on any atom is -0.339 e. The standard InChI is InChI=1S/C14H25N3O3S/c1-3-9-15-12-8-6-4-5-7-11(12)14-16-13(17-20-14)10-21(2,18)19/h11-12,15H,3-10H2,1-2H3. The van der Waals surface area contributed by atoms with E-state index >= 15 is 0 Å². The van der Waals surface area contributed by atoms with Crippen LogP contribution in [0.2, 0.25) is 0 Å². The summed E-state index contributed by atoms with van der Waals surface area (Å²) in [6, 6.07) is 0.346. The van der Waals surface area contributed by atoms with E-state index in [4.69, 9.17) is 4.52 Å². The molecule has 1 saturated carbocycles. The lowest BCUT2D eigenvalue weighted by Gasteiger charge is -2.23. The second-order valence-corrected chi connectivity index (χ2v) is 8.06. The zero-order chi connectivity index (χ0) is 15.3. The Hall–Kier alpha value is -0.950. The van der Waals surface area contributed by atoms with E-state index in [-0.39, 0.29) is 17.5 Å². The van der Waals surface area contributed by atoms with Gasteiger partial charge in [0.1, 0.15) is 5.75 Å². The van der Waals surface area contributed by atoms with E-state index in [0.717, 1.165) is 32.2 Å². The Morgan fingerprint density at radius 3 is 2.76 bits per heavy atom. The second kappa shape index (κ2) is 7.35. The molecule has 21 heavy (non-hydrogen) atoms. The van der Waals surface area contributed by atoms with Crippen molar-refractivity contribution in [1.29, 1.82) is 0 Å². The summed E-state index contributed by atoms with van der Waals surface area (Å²) < 4.78 is 28.0. The van der Waals surface area contributed by atoms with Crippen molar-refractivity contribution in [2.24, 2.45) is 0 Å². The van der Waals surface area contributed by atoms with Gasteiger partial charge in [0.25, 0.3) is 0 Å². The van der Waals surface area contributed by atoms with Crippen LogP contribution in [0.1, 0.15) is 63.1 Å². The molecule has 0 saturated heterocycles. The first-order valence-corrected chi connectivity index (χ1v) is 9.79. The predicted molar refractivity (Wildman–Crippen MR) is 80.8 cm³/mol. The number of sulfone groups is 1. The highest BCUT2D eigenvalue weighted by molar-refractivity contribution is 7.89.